The third-order valence-corrected chi connectivity index (χ3v) is 2.31. The van der Waals surface area contributed by atoms with Gasteiger partial charge in [-0.15, -0.1) is 0 Å². The first kappa shape index (κ1) is 19.2. The van der Waals surface area contributed by atoms with Crippen LogP contribution in [0, 0.1) is 0 Å². The fourth-order valence-electron chi connectivity index (χ4n) is 1.45. The van der Waals surface area contributed by atoms with Crippen molar-refractivity contribution >= 4 is 10.4 Å². The zero-order chi connectivity index (χ0) is 13.6. The van der Waals surface area contributed by atoms with Crippen molar-refractivity contribution in [3.8, 4) is 0 Å². The van der Waals surface area contributed by atoms with Crippen LogP contribution in [0.2, 0.25) is 0 Å². The predicted molar refractivity (Wildman–Crippen MR) is 70.5 cm³/mol. The van der Waals surface area contributed by atoms with Gasteiger partial charge in [0.2, 0.25) is 0 Å². The third-order valence-electron chi connectivity index (χ3n) is 2.31. The summed E-state index contributed by atoms with van der Waals surface area (Å²) < 4.78 is 31.6. The molecule has 0 saturated heterocycles. The van der Waals surface area contributed by atoms with Crippen LogP contribution in [0.5, 0.6) is 0 Å². The fourth-order valence-corrected chi connectivity index (χ4v) is 1.45. The molecule has 0 aliphatic rings. The van der Waals surface area contributed by atoms with Crippen molar-refractivity contribution in [3.05, 3.63) is 0 Å². The van der Waals surface area contributed by atoms with Gasteiger partial charge in [0, 0.05) is 0 Å². The Morgan fingerprint density at radius 2 is 1.12 bits per heavy atom. The summed E-state index contributed by atoms with van der Waals surface area (Å²) in [5.41, 5.74) is 5.41. The molecule has 0 aromatic carbocycles. The lowest BCUT2D eigenvalue weighted by atomic mass is 10.1. The van der Waals surface area contributed by atoms with Crippen LogP contribution < -0.4 is 5.73 Å². The van der Waals surface area contributed by atoms with Crippen LogP contribution in [-0.2, 0) is 10.4 Å². The first-order valence-corrected chi connectivity index (χ1v) is 7.71. The van der Waals surface area contributed by atoms with E-state index in [9.17, 15) is 0 Å². The topological polar surface area (TPSA) is 101 Å². The Balaban J connectivity index is 0. The van der Waals surface area contributed by atoms with Gasteiger partial charge in [0.05, 0.1) is 0 Å². The lowest BCUT2D eigenvalue weighted by Gasteiger charge is -1.99. The molecule has 0 aliphatic carbocycles. The Morgan fingerprint density at radius 3 is 1.41 bits per heavy atom. The highest BCUT2D eigenvalue weighted by Gasteiger charge is 1.90. The van der Waals surface area contributed by atoms with Gasteiger partial charge in [-0.05, 0) is 13.0 Å². The van der Waals surface area contributed by atoms with Gasteiger partial charge in [-0.2, -0.15) is 8.42 Å². The lowest BCUT2D eigenvalue weighted by molar-refractivity contribution is 0.381. The molecule has 0 radical (unpaired) electrons. The Labute approximate surface area is 105 Å². The zero-order valence-electron chi connectivity index (χ0n) is 10.8. The van der Waals surface area contributed by atoms with Gasteiger partial charge in [-0.1, -0.05) is 58.3 Å². The predicted octanol–water partition coefficient (Wildman–Crippen LogP) is 2.82. The third kappa shape index (κ3) is 38.8. The summed E-state index contributed by atoms with van der Waals surface area (Å²) in [6.07, 6.45) is 12.5. The molecule has 0 spiro atoms. The highest BCUT2D eigenvalue weighted by molar-refractivity contribution is 7.79. The molecular weight excluding hydrogens is 242 g/mol. The molecule has 106 valence electrons. The molecule has 5 nitrogen and oxygen atoms in total. The number of hydrogen-bond donors (Lipinski definition) is 3. The second-order valence-electron chi connectivity index (χ2n) is 4.06. The van der Waals surface area contributed by atoms with E-state index in [0.717, 1.165) is 6.54 Å². The smallest absolute Gasteiger partial charge is 0.330 e. The van der Waals surface area contributed by atoms with Crippen molar-refractivity contribution in [3.63, 3.8) is 0 Å². The first-order valence-electron chi connectivity index (χ1n) is 6.31. The van der Waals surface area contributed by atoms with E-state index in [4.69, 9.17) is 23.3 Å². The van der Waals surface area contributed by atoms with Crippen LogP contribution in [0.3, 0.4) is 0 Å². The number of unbranched alkanes of at least 4 members (excludes halogenated alkanes) is 8. The molecule has 4 N–H and O–H groups in total. The Bertz CT molecular complexity index is 212. The Morgan fingerprint density at radius 1 is 0.824 bits per heavy atom. The van der Waals surface area contributed by atoms with Gasteiger partial charge in [-0.25, -0.2) is 0 Å². The van der Waals surface area contributed by atoms with Crippen LogP contribution in [0.1, 0.15) is 64.7 Å². The maximum Gasteiger partial charge on any atom is 0.394 e. The summed E-state index contributed by atoms with van der Waals surface area (Å²) in [5.74, 6) is 0. The average molecular weight is 269 g/mol. The Hall–Kier alpha value is -0.170. The minimum Gasteiger partial charge on any atom is -0.330 e. The number of nitrogens with two attached hydrogens (primary N) is 1. The molecule has 0 rings (SSSR count). The van der Waals surface area contributed by atoms with Crippen molar-refractivity contribution in [1.29, 1.82) is 0 Å². The fraction of sp³-hybridized carbons (Fsp3) is 1.00. The number of rotatable bonds is 9. The molecular formula is C11H27NO4S. The summed E-state index contributed by atoms with van der Waals surface area (Å²) in [5, 5.41) is 0. The summed E-state index contributed by atoms with van der Waals surface area (Å²) in [4.78, 5) is 0. The molecule has 0 heterocycles. The second kappa shape index (κ2) is 13.9. The van der Waals surface area contributed by atoms with Crippen molar-refractivity contribution in [1.82, 2.24) is 0 Å². The van der Waals surface area contributed by atoms with Crippen molar-refractivity contribution in [2.24, 2.45) is 5.73 Å². The molecule has 17 heavy (non-hydrogen) atoms. The zero-order valence-corrected chi connectivity index (χ0v) is 11.6. The minimum atomic E-state index is -4.67. The van der Waals surface area contributed by atoms with Gasteiger partial charge in [0.15, 0.2) is 0 Å². The normalized spacial score (nSPS) is 10.8. The molecule has 0 aromatic heterocycles. The standard InChI is InChI=1S/C11H25N.H2O4S/c1-2-3-4-5-6-7-8-9-10-11-12;1-5(2,3)4/h2-12H2,1H3;(H2,1,2,3,4). The molecule has 0 aromatic rings. The van der Waals surface area contributed by atoms with E-state index in [1.807, 2.05) is 0 Å². The molecule has 0 amide bonds. The highest BCUT2D eigenvalue weighted by atomic mass is 32.3. The van der Waals surface area contributed by atoms with Crippen LogP contribution in [0.4, 0.5) is 0 Å². The molecule has 6 heteroatoms. The van der Waals surface area contributed by atoms with Crippen LogP contribution in [0.15, 0.2) is 0 Å². The summed E-state index contributed by atoms with van der Waals surface area (Å²) in [6.45, 7) is 3.14. The maximum absolute atomic E-state index is 8.74. The van der Waals surface area contributed by atoms with Gasteiger partial charge in [0.25, 0.3) is 0 Å². The quantitative estimate of drug-likeness (QED) is 0.441. The van der Waals surface area contributed by atoms with Crippen LogP contribution in [0.25, 0.3) is 0 Å². The molecule has 0 bridgehead atoms. The van der Waals surface area contributed by atoms with Gasteiger partial charge < -0.3 is 5.73 Å². The SMILES string of the molecule is CCCCCCCCCCCN.O=S(=O)(O)O. The summed E-state index contributed by atoms with van der Waals surface area (Å²) >= 11 is 0. The van der Waals surface area contributed by atoms with E-state index in [1.54, 1.807) is 0 Å². The molecule has 0 fully saturated rings. The van der Waals surface area contributed by atoms with Crippen LogP contribution in [-0.4, -0.2) is 24.1 Å². The van der Waals surface area contributed by atoms with Crippen molar-refractivity contribution in [2.45, 2.75) is 64.7 Å². The van der Waals surface area contributed by atoms with E-state index < -0.39 is 10.4 Å². The van der Waals surface area contributed by atoms with E-state index in [-0.39, 0.29) is 0 Å². The molecule has 0 aliphatic heterocycles. The highest BCUT2D eigenvalue weighted by Crippen LogP contribution is 2.08. The van der Waals surface area contributed by atoms with E-state index >= 15 is 0 Å². The molecule has 0 unspecified atom stereocenters. The van der Waals surface area contributed by atoms with Gasteiger partial charge >= 0.3 is 10.4 Å². The maximum atomic E-state index is 8.74. The largest absolute Gasteiger partial charge is 0.394 e. The monoisotopic (exact) mass is 269 g/mol. The van der Waals surface area contributed by atoms with E-state index in [0.29, 0.717) is 0 Å². The Kier molecular flexibility index (Phi) is 15.7. The molecule has 0 saturated carbocycles. The summed E-state index contributed by atoms with van der Waals surface area (Å²) in [7, 11) is -4.67. The number of hydrogen-bond acceptors (Lipinski definition) is 3. The molecule has 0 atom stereocenters. The van der Waals surface area contributed by atoms with Gasteiger partial charge in [0.1, 0.15) is 0 Å². The average Bonchev–Trinajstić information content (AvgIpc) is 2.20. The first-order chi connectivity index (χ1) is 7.91. The minimum absolute atomic E-state index is 0.871. The second-order valence-corrected chi connectivity index (χ2v) is 4.96. The van der Waals surface area contributed by atoms with Gasteiger partial charge in [-0.3, -0.25) is 9.11 Å². The van der Waals surface area contributed by atoms with E-state index in [2.05, 4.69) is 6.92 Å². The van der Waals surface area contributed by atoms with E-state index in [1.165, 1.54) is 57.8 Å². The van der Waals surface area contributed by atoms with Crippen molar-refractivity contribution < 1.29 is 17.5 Å². The van der Waals surface area contributed by atoms with Crippen LogP contribution >= 0.6 is 0 Å². The van der Waals surface area contributed by atoms with Crippen molar-refractivity contribution in [2.75, 3.05) is 6.54 Å². The summed E-state index contributed by atoms with van der Waals surface area (Å²) in [6, 6.07) is 0. The lowest BCUT2D eigenvalue weighted by Crippen LogP contribution is -1.97.